The van der Waals surface area contributed by atoms with Crippen LogP contribution in [0.25, 0.3) is 0 Å². The van der Waals surface area contributed by atoms with Gasteiger partial charge < -0.3 is 9.47 Å². The van der Waals surface area contributed by atoms with Gasteiger partial charge in [-0.05, 0) is 64.3 Å². The number of nitrogens with zero attached hydrogens (tertiary/aromatic N) is 3. The molecule has 1 N–H and O–H groups in total. The molecule has 0 bridgehead atoms. The van der Waals surface area contributed by atoms with Crippen LogP contribution < -0.4 is 14.9 Å². The minimum absolute atomic E-state index is 0.00834. The van der Waals surface area contributed by atoms with E-state index in [0.29, 0.717) is 33.7 Å². The predicted molar refractivity (Wildman–Crippen MR) is 127 cm³/mol. The van der Waals surface area contributed by atoms with Crippen molar-refractivity contribution in [3.05, 3.63) is 96.2 Å². The highest BCUT2D eigenvalue weighted by molar-refractivity contribution is 9.10. The smallest absolute Gasteiger partial charge is 0.301 e. The number of benzene rings is 3. The van der Waals surface area contributed by atoms with Gasteiger partial charge in [0.1, 0.15) is 18.1 Å². The molecule has 0 atom stereocenters. The number of nitro benzene ring substituents is 2. The molecule has 3 aromatic carbocycles. The van der Waals surface area contributed by atoms with Crippen LogP contribution in [0.15, 0.2) is 64.2 Å². The summed E-state index contributed by atoms with van der Waals surface area (Å²) in [6.45, 7) is 2.28. The van der Waals surface area contributed by atoms with Gasteiger partial charge in [-0.2, -0.15) is 5.10 Å². The first kappa shape index (κ1) is 24.6. The Labute approximate surface area is 201 Å². The van der Waals surface area contributed by atoms with Gasteiger partial charge >= 0.3 is 5.69 Å². The molecule has 10 nitrogen and oxygen atoms in total. The quantitative estimate of drug-likeness (QED) is 0.197. The zero-order valence-electron chi connectivity index (χ0n) is 17.7. The molecule has 0 unspecified atom stereocenters. The van der Waals surface area contributed by atoms with E-state index in [1.54, 1.807) is 31.2 Å². The van der Waals surface area contributed by atoms with Crippen LogP contribution >= 0.6 is 15.9 Å². The molecule has 3 aromatic rings. The lowest BCUT2D eigenvalue weighted by Gasteiger charge is -2.14. The van der Waals surface area contributed by atoms with E-state index in [4.69, 9.17) is 9.47 Å². The molecule has 0 spiro atoms. The van der Waals surface area contributed by atoms with Crippen molar-refractivity contribution in [1.29, 1.82) is 0 Å². The Hall–Kier alpha value is -4.06. The summed E-state index contributed by atoms with van der Waals surface area (Å²) in [4.78, 5) is 20.7. The van der Waals surface area contributed by atoms with E-state index in [1.807, 2.05) is 0 Å². The first-order chi connectivity index (χ1) is 16.3. The van der Waals surface area contributed by atoms with E-state index >= 15 is 0 Å². The third kappa shape index (κ3) is 6.25. The lowest BCUT2D eigenvalue weighted by molar-refractivity contribution is -0.393. The minimum Gasteiger partial charge on any atom is -0.490 e. The van der Waals surface area contributed by atoms with Crippen LogP contribution in [-0.2, 0) is 6.61 Å². The summed E-state index contributed by atoms with van der Waals surface area (Å²) < 4.78 is 25.5. The third-order valence-electron chi connectivity index (χ3n) is 4.39. The van der Waals surface area contributed by atoms with Crippen LogP contribution in [0.4, 0.5) is 21.5 Å². The Morgan fingerprint density at radius 3 is 2.56 bits per heavy atom. The average molecular weight is 533 g/mol. The van der Waals surface area contributed by atoms with Crippen molar-refractivity contribution in [2.75, 3.05) is 12.0 Å². The van der Waals surface area contributed by atoms with E-state index in [2.05, 4.69) is 26.5 Å². The van der Waals surface area contributed by atoms with Crippen molar-refractivity contribution >= 4 is 39.2 Å². The number of ether oxygens (including phenoxy) is 2. The molecular formula is C22H18BrFN4O6. The van der Waals surface area contributed by atoms with Crippen molar-refractivity contribution in [2.45, 2.75) is 13.5 Å². The second-order valence-electron chi connectivity index (χ2n) is 6.77. The Kier molecular flexibility index (Phi) is 8.09. The number of anilines is 1. The highest BCUT2D eigenvalue weighted by Crippen LogP contribution is 2.37. The van der Waals surface area contributed by atoms with Gasteiger partial charge in [-0.15, -0.1) is 0 Å². The summed E-state index contributed by atoms with van der Waals surface area (Å²) >= 11 is 3.43. The van der Waals surface area contributed by atoms with Gasteiger partial charge in [0.2, 0.25) is 0 Å². The Morgan fingerprint density at radius 1 is 1.09 bits per heavy atom. The molecular weight excluding hydrogens is 515 g/mol. The number of non-ortho nitro benzene ring substituents is 1. The fourth-order valence-electron chi connectivity index (χ4n) is 2.90. The first-order valence-corrected chi connectivity index (χ1v) is 10.6. The van der Waals surface area contributed by atoms with Gasteiger partial charge in [0, 0.05) is 6.07 Å². The number of hydrogen-bond acceptors (Lipinski definition) is 8. The lowest BCUT2D eigenvalue weighted by Crippen LogP contribution is -2.02. The minimum atomic E-state index is -0.737. The lowest BCUT2D eigenvalue weighted by atomic mass is 10.2. The molecule has 0 heterocycles. The summed E-state index contributed by atoms with van der Waals surface area (Å²) in [7, 11) is 0. The fourth-order valence-corrected chi connectivity index (χ4v) is 3.48. The molecule has 0 aromatic heterocycles. The monoisotopic (exact) mass is 532 g/mol. The Morgan fingerprint density at radius 2 is 1.88 bits per heavy atom. The maximum absolute atomic E-state index is 13.4. The second-order valence-corrected chi connectivity index (χ2v) is 7.62. The van der Waals surface area contributed by atoms with Crippen molar-refractivity contribution in [1.82, 2.24) is 0 Å². The number of hydrazone groups is 1. The molecule has 176 valence electrons. The summed E-state index contributed by atoms with van der Waals surface area (Å²) in [5, 5.41) is 26.1. The van der Waals surface area contributed by atoms with E-state index in [0.717, 1.165) is 12.1 Å². The number of halogens is 2. The normalized spacial score (nSPS) is 10.8. The molecule has 0 saturated carbocycles. The molecule has 0 fully saturated rings. The van der Waals surface area contributed by atoms with Crippen molar-refractivity contribution < 1.29 is 23.7 Å². The van der Waals surface area contributed by atoms with Crippen molar-refractivity contribution in [3.63, 3.8) is 0 Å². The van der Waals surface area contributed by atoms with E-state index < -0.39 is 21.2 Å². The fraction of sp³-hybridized carbons (Fsp3) is 0.136. The second kappa shape index (κ2) is 11.2. The zero-order valence-corrected chi connectivity index (χ0v) is 19.3. The molecule has 0 aliphatic rings. The van der Waals surface area contributed by atoms with Gasteiger partial charge in [-0.3, -0.25) is 25.7 Å². The number of nitro groups is 2. The highest BCUT2D eigenvalue weighted by atomic mass is 79.9. The van der Waals surface area contributed by atoms with E-state index in [-0.39, 0.29) is 18.1 Å². The molecule has 0 amide bonds. The molecule has 0 saturated heterocycles. The van der Waals surface area contributed by atoms with Crippen LogP contribution in [0, 0.1) is 26.0 Å². The molecule has 34 heavy (non-hydrogen) atoms. The molecule has 0 aliphatic heterocycles. The summed E-state index contributed by atoms with van der Waals surface area (Å²) in [5.41, 5.74) is 2.86. The van der Waals surface area contributed by atoms with Gasteiger partial charge in [-0.25, -0.2) is 4.39 Å². The maximum atomic E-state index is 13.4. The summed E-state index contributed by atoms with van der Waals surface area (Å²) in [6, 6.07) is 12.6. The molecule has 12 heteroatoms. The molecule has 0 radical (unpaired) electrons. The van der Waals surface area contributed by atoms with E-state index in [9.17, 15) is 24.6 Å². The first-order valence-electron chi connectivity index (χ1n) is 9.84. The van der Waals surface area contributed by atoms with Gasteiger partial charge in [0.15, 0.2) is 11.5 Å². The van der Waals surface area contributed by atoms with Crippen molar-refractivity contribution in [3.8, 4) is 11.5 Å². The largest absolute Gasteiger partial charge is 0.490 e. The van der Waals surface area contributed by atoms with E-state index in [1.165, 1.54) is 24.4 Å². The average Bonchev–Trinajstić information content (AvgIpc) is 2.78. The third-order valence-corrected chi connectivity index (χ3v) is 4.98. The molecule has 0 aliphatic carbocycles. The topological polar surface area (TPSA) is 129 Å². The van der Waals surface area contributed by atoms with Crippen molar-refractivity contribution in [2.24, 2.45) is 5.10 Å². The molecule has 3 rings (SSSR count). The summed E-state index contributed by atoms with van der Waals surface area (Å²) in [5.74, 6) is 0.468. The van der Waals surface area contributed by atoms with Crippen LogP contribution in [0.2, 0.25) is 0 Å². The number of nitrogens with one attached hydrogen (secondary N) is 1. The van der Waals surface area contributed by atoms with Crippen LogP contribution in [0.1, 0.15) is 18.1 Å². The van der Waals surface area contributed by atoms with Crippen LogP contribution in [-0.4, -0.2) is 22.7 Å². The van der Waals surface area contributed by atoms with Crippen LogP contribution in [0.5, 0.6) is 11.5 Å². The number of hydrogen-bond donors (Lipinski definition) is 1. The predicted octanol–water partition coefficient (Wildman–Crippen LogP) is 5.83. The van der Waals surface area contributed by atoms with Crippen LogP contribution in [0.3, 0.4) is 0 Å². The highest BCUT2D eigenvalue weighted by Gasteiger charge is 2.19. The SMILES string of the molecule is CCOc1cc(/C=N/Nc2ccc([N+](=O)[O-])cc2[N+](=O)[O-])cc(Br)c1OCc1cccc(F)c1. The van der Waals surface area contributed by atoms with Gasteiger partial charge in [0.05, 0.1) is 33.2 Å². The number of rotatable bonds is 10. The van der Waals surface area contributed by atoms with Gasteiger partial charge in [0.25, 0.3) is 5.69 Å². The standard InChI is InChI=1S/C22H18BrFN4O6/c1-2-33-21-10-15(9-18(23)22(21)34-13-14-4-3-5-16(24)8-14)12-25-26-19-7-6-17(27(29)30)11-20(19)28(31)32/h3-12,26H,2,13H2,1H3/b25-12+. The maximum Gasteiger partial charge on any atom is 0.301 e. The Balaban J connectivity index is 1.80. The Bertz CT molecular complexity index is 1250. The summed E-state index contributed by atoms with van der Waals surface area (Å²) in [6.07, 6.45) is 1.40. The zero-order chi connectivity index (χ0) is 24.7. The van der Waals surface area contributed by atoms with Gasteiger partial charge in [-0.1, -0.05) is 12.1 Å².